The summed E-state index contributed by atoms with van der Waals surface area (Å²) in [4.78, 5) is 69.6. The number of imidazole rings is 2. The van der Waals surface area contributed by atoms with E-state index < -0.39 is 12.1 Å². The van der Waals surface area contributed by atoms with Gasteiger partial charge in [0.05, 0.1) is 25.1 Å². The Bertz CT molecular complexity index is 2610. The van der Waals surface area contributed by atoms with Gasteiger partial charge in [-0.25, -0.2) is 24.7 Å². The Morgan fingerprint density at radius 3 is 1.66 bits per heavy atom. The molecule has 2 saturated heterocycles. The molecule has 3 N–H and O–H groups in total. The molecule has 0 radical (unpaired) electrons. The Morgan fingerprint density at radius 2 is 1.16 bits per heavy atom. The average Bonchev–Trinajstić information content (AvgIpc) is 4.11. The number of nitrogens with zero attached hydrogens (tertiary/aromatic N) is 6. The summed E-state index contributed by atoms with van der Waals surface area (Å²) in [5.74, 6) is 1.08. The molecule has 3 aromatic carbocycles. The maximum absolute atomic E-state index is 14.0. The molecule has 9 rings (SSSR count). The molecule has 3 amide bonds. The van der Waals surface area contributed by atoms with Crippen LogP contribution in [-0.2, 0) is 14.3 Å². The number of amides is 3. The minimum absolute atomic E-state index is 0.112. The zero-order chi connectivity index (χ0) is 39.8. The molecule has 4 aromatic heterocycles. The third-order valence-electron chi connectivity index (χ3n) is 11.5. The summed E-state index contributed by atoms with van der Waals surface area (Å²) in [6.45, 7) is 3.22. The topological polar surface area (TPSA) is 162 Å². The fraction of sp³-hybridized carbons (Fsp3) is 0.267. The first-order valence-corrected chi connectivity index (χ1v) is 19.7. The van der Waals surface area contributed by atoms with Crippen molar-refractivity contribution in [3.63, 3.8) is 0 Å². The number of rotatable bonds is 9. The van der Waals surface area contributed by atoms with Crippen LogP contribution in [-0.4, -0.2) is 77.8 Å². The van der Waals surface area contributed by atoms with Crippen molar-refractivity contribution >= 4 is 40.2 Å². The maximum atomic E-state index is 14.0. The molecule has 13 heteroatoms. The number of fused-ring (bicyclic) bond motifs is 2. The molecule has 58 heavy (non-hydrogen) atoms. The lowest BCUT2D eigenvalue weighted by Crippen LogP contribution is -2.42. The molecule has 6 heterocycles. The molecule has 2 aliphatic rings. The molecule has 0 unspecified atom stereocenters. The Labute approximate surface area is 334 Å². The molecule has 0 aliphatic carbocycles. The van der Waals surface area contributed by atoms with Crippen LogP contribution in [0.5, 0.6) is 0 Å². The lowest BCUT2D eigenvalue weighted by molar-refractivity contribution is -0.135. The van der Waals surface area contributed by atoms with E-state index in [-0.39, 0.29) is 29.8 Å². The van der Waals surface area contributed by atoms with Crippen molar-refractivity contribution in [1.29, 1.82) is 0 Å². The number of pyridine rings is 2. The van der Waals surface area contributed by atoms with Crippen LogP contribution in [0.1, 0.15) is 79.4 Å². The number of aromatic nitrogens is 6. The number of hydrogen-bond donors (Lipinski definition) is 3. The highest BCUT2D eigenvalue weighted by Gasteiger charge is 2.38. The number of carbonyl (C=O) groups is 3. The van der Waals surface area contributed by atoms with Gasteiger partial charge in [-0.1, -0.05) is 84.9 Å². The molecule has 4 atom stereocenters. The van der Waals surface area contributed by atoms with Crippen molar-refractivity contribution < 1.29 is 19.1 Å². The van der Waals surface area contributed by atoms with Gasteiger partial charge in [0, 0.05) is 36.6 Å². The third-order valence-corrected chi connectivity index (χ3v) is 11.5. The van der Waals surface area contributed by atoms with Gasteiger partial charge in [-0.2, -0.15) is 0 Å². The van der Waals surface area contributed by atoms with Gasteiger partial charge in [0.25, 0.3) is 5.91 Å². The van der Waals surface area contributed by atoms with E-state index in [4.69, 9.17) is 24.7 Å². The molecule has 0 spiro atoms. The van der Waals surface area contributed by atoms with Crippen LogP contribution < -0.4 is 5.32 Å². The van der Waals surface area contributed by atoms with E-state index in [1.165, 1.54) is 7.11 Å². The molecule has 7 aromatic rings. The first-order valence-electron chi connectivity index (χ1n) is 19.7. The van der Waals surface area contributed by atoms with Crippen LogP contribution in [0.2, 0.25) is 0 Å². The average molecular weight is 774 g/mol. The molecule has 2 fully saturated rings. The molecular weight excluding hydrogens is 731 g/mol. The SMILES string of the molecule is COC(=O)N[C@@H](C(=O)N1CCC[C@H]1c1nc2cc(-c3ccc(-c4cnc5[nH]c([C@@H]6CCCN6C(=O)[C@H](C)c6ccccc6)nc5c4)cc3)cnc2[nH]1)c1ccccc1. The lowest BCUT2D eigenvalue weighted by Gasteiger charge is -2.28. The van der Waals surface area contributed by atoms with Crippen molar-refractivity contribution in [2.24, 2.45) is 0 Å². The molecule has 0 saturated carbocycles. The van der Waals surface area contributed by atoms with Crippen molar-refractivity contribution in [2.75, 3.05) is 20.2 Å². The summed E-state index contributed by atoms with van der Waals surface area (Å²) in [7, 11) is 1.28. The summed E-state index contributed by atoms with van der Waals surface area (Å²) in [5, 5.41) is 2.71. The van der Waals surface area contributed by atoms with Crippen molar-refractivity contribution in [3.05, 3.63) is 132 Å². The van der Waals surface area contributed by atoms with Gasteiger partial charge in [0.1, 0.15) is 28.7 Å². The Morgan fingerprint density at radius 1 is 0.672 bits per heavy atom. The van der Waals surface area contributed by atoms with E-state index >= 15 is 0 Å². The molecule has 2 aliphatic heterocycles. The van der Waals surface area contributed by atoms with Gasteiger partial charge < -0.3 is 29.8 Å². The quantitative estimate of drug-likeness (QED) is 0.134. The highest BCUT2D eigenvalue weighted by Crippen LogP contribution is 2.36. The number of alkyl carbamates (subject to hydrolysis) is 1. The smallest absolute Gasteiger partial charge is 0.407 e. The highest BCUT2D eigenvalue weighted by atomic mass is 16.5. The number of likely N-dealkylation sites (tertiary alicyclic amines) is 2. The maximum Gasteiger partial charge on any atom is 0.407 e. The number of methoxy groups -OCH3 is 1. The number of hydrogen-bond acceptors (Lipinski definition) is 8. The van der Waals surface area contributed by atoms with E-state index in [9.17, 15) is 14.4 Å². The first-order chi connectivity index (χ1) is 28.3. The van der Waals surface area contributed by atoms with Crippen LogP contribution in [0.4, 0.5) is 4.79 Å². The number of aromatic amines is 2. The molecular formula is C45H43N9O4. The van der Waals surface area contributed by atoms with Gasteiger partial charge in [-0.15, -0.1) is 0 Å². The summed E-state index contributed by atoms with van der Waals surface area (Å²) < 4.78 is 4.84. The van der Waals surface area contributed by atoms with Crippen LogP contribution in [0.25, 0.3) is 44.6 Å². The van der Waals surface area contributed by atoms with Crippen LogP contribution in [0.15, 0.2) is 109 Å². The van der Waals surface area contributed by atoms with Gasteiger partial charge in [-0.05, 0) is 67.0 Å². The minimum Gasteiger partial charge on any atom is -0.453 e. The minimum atomic E-state index is -0.894. The second-order valence-electron chi connectivity index (χ2n) is 15.0. The highest BCUT2D eigenvalue weighted by molar-refractivity contribution is 5.88. The standard InChI is InChI=1S/C45H43N9O4/c1-27(28-11-5-3-6-12-28)43(55)53-21-9-15-36(53)41-48-34-23-32(25-46-39(34)51-41)29-17-19-30(20-18-29)33-24-35-40(47-26-33)52-42(49-35)37-16-10-22-54(37)44(56)38(50-45(57)58-2)31-13-7-4-8-14-31/h3-8,11-14,17-20,23-27,36-38H,9-10,15-16,21-22H2,1-2H3,(H,50,57)(H,46,48,51)(H,47,49,52)/t27-,36+,37+,38-/m1/s1. The monoisotopic (exact) mass is 773 g/mol. The number of H-pyrrole nitrogens is 2. The van der Waals surface area contributed by atoms with E-state index in [0.717, 1.165) is 64.8 Å². The van der Waals surface area contributed by atoms with Crippen LogP contribution in [0, 0.1) is 0 Å². The van der Waals surface area contributed by atoms with E-state index in [1.807, 2.05) is 97.0 Å². The number of benzene rings is 3. The first kappa shape index (κ1) is 36.7. The van der Waals surface area contributed by atoms with Gasteiger partial charge >= 0.3 is 6.09 Å². The zero-order valence-electron chi connectivity index (χ0n) is 32.3. The van der Waals surface area contributed by atoms with Crippen LogP contribution >= 0.6 is 0 Å². The summed E-state index contributed by atoms with van der Waals surface area (Å²) in [5.41, 5.74) is 8.29. The Balaban J connectivity index is 0.910. The van der Waals surface area contributed by atoms with E-state index in [1.54, 1.807) is 4.90 Å². The summed E-state index contributed by atoms with van der Waals surface area (Å²) in [6.07, 6.45) is 6.30. The van der Waals surface area contributed by atoms with Gasteiger partial charge in [0.2, 0.25) is 5.91 Å². The second kappa shape index (κ2) is 15.6. The zero-order valence-corrected chi connectivity index (χ0v) is 32.3. The van der Waals surface area contributed by atoms with Crippen LogP contribution in [0.3, 0.4) is 0 Å². The molecule has 13 nitrogen and oxygen atoms in total. The second-order valence-corrected chi connectivity index (χ2v) is 15.0. The van der Waals surface area contributed by atoms with Crippen molar-refractivity contribution in [2.45, 2.75) is 56.7 Å². The van der Waals surface area contributed by atoms with E-state index in [0.29, 0.717) is 41.3 Å². The van der Waals surface area contributed by atoms with Gasteiger partial charge in [0.15, 0.2) is 11.3 Å². The largest absolute Gasteiger partial charge is 0.453 e. The fourth-order valence-corrected chi connectivity index (χ4v) is 8.35. The van der Waals surface area contributed by atoms with Gasteiger partial charge in [-0.3, -0.25) is 9.59 Å². The normalized spacial score (nSPS) is 17.8. The Hall–Kier alpha value is -6.89. The van der Waals surface area contributed by atoms with Crippen molar-refractivity contribution in [1.82, 2.24) is 45.0 Å². The predicted molar refractivity (Wildman–Crippen MR) is 219 cm³/mol. The van der Waals surface area contributed by atoms with E-state index in [2.05, 4.69) is 39.6 Å². The summed E-state index contributed by atoms with van der Waals surface area (Å²) >= 11 is 0. The number of ether oxygens (including phenoxy) is 1. The van der Waals surface area contributed by atoms with Crippen molar-refractivity contribution in [3.8, 4) is 22.3 Å². The molecule has 0 bridgehead atoms. The Kier molecular flexibility index (Phi) is 9.86. The molecule has 292 valence electrons. The third kappa shape index (κ3) is 7.04. The number of carbonyl (C=O) groups excluding carboxylic acids is 3. The summed E-state index contributed by atoms with van der Waals surface area (Å²) in [6, 6.07) is 30.0. The lowest BCUT2D eigenvalue weighted by atomic mass is 9.99. The fourth-order valence-electron chi connectivity index (χ4n) is 8.35. The number of nitrogens with one attached hydrogen (secondary N) is 3. The predicted octanol–water partition coefficient (Wildman–Crippen LogP) is 7.79.